The first-order valence-electron chi connectivity index (χ1n) is 7.26. The first kappa shape index (κ1) is 16.1. The molecule has 0 fully saturated rings. The van der Waals surface area contributed by atoms with Gasteiger partial charge in [0.05, 0.1) is 11.1 Å². The van der Waals surface area contributed by atoms with Crippen LogP contribution in [-0.4, -0.2) is 15.8 Å². The molecule has 0 unspecified atom stereocenters. The quantitative estimate of drug-likeness (QED) is 0.669. The van der Waals surface area contributed by atoms with E-state index >= 15 is 0 Å². The summed E-state index contributed by atoms with van der Waals surface area (Å²) in [5.41, 5.74) is 1.16. The van der Waals surface area contributed by atoms with E-state index in [1.54, 1.807) is 31.2 Å². The van der Waals surface area contributed by atoms with Crippen LogP contribution in [0.1, 0.15) is 27.3 Å². The van der Waals surface area contributed by atoms with Gasteiger partial charge < -0.3 is 0 Å². The van der Waals surface area contributed by atoms with Crippen LogP contribution in [0.25, 0.3) is 10.9 Å². The number of rotatable bonds is 3. The highest BCUT2D eigenvalue weighted by Gasteiger charge is 2.30. The summed E-state index contributed by atoms with van der Waals surface area (Å²) in [6.45, 7) is 1.79. The van der Waals surface area contributed by atoms with Crippen LogP contribution in [0, 0.1) is 6.92 Å². The van der Waals surface area contributed by atoms with Crippen molar-refractivity contribution in [2.75, 3.05) is 0 Å². The van der Waals surface area contributed by atoms with Gasteiger partial charge in [0.1, 0.15) is 5.69 Å². The minimum atomic E-state index is -4.42. The number of hydrogen-bond donors (Lipinski definition) is 0. The lowest BCUT2D eigenvalue weighted by Gasteiger charge is -2.10. The van der Waals surface area contributed by atoms with Crippen LogP contribution >= 0.6 is 0 Å². The highest BCUT2D eigenvalue weighted by molar-refractivity contribution is 5.98. The summed E-state index contributed by atoms with van der Waals surface area (Å²) in [5.74, 6) is -0.189. The fraction of sp³-hybridized carbons (Fsp3) is 0.167. The molecule has 0 N–H and O–H groups in total. The molecule has 3 aromatic rings. The third-order valence-corrected chi connectivity index (χ3v) is 3.69. The lowest BCUT2D eigenvalue weighted by molar-refractivity contribution is -0.137. The second kappa shape index (κ2) is 6.03. The monoisotopic (exact) mass is 330 g/mol. The van der Waals surface area contributed by atoms with Gasteiger partial charge in [-0.1, -0.05) is 12.1 Å². The van der Waals surface area contributed by atoms with Crippen LogP contribution in [0.4, 0.5) is 13.2 Å². The molecule has 0 radical (unpaired) electrons. The lowest BCUT2D eigenvalue weighted by atomic mass is 10.0. The van der Waals surface area contributed by atoms with Gasteiger partial charge in [-0.3, -0.25) is 14.8 Å². The molecule has 0 amide bonds. The zero-order valence-corrected chi connectivity index (χ0v) is 12.8. The minimum absolute atomic E-state index is 0.0564. The van der Waals surface area contributed by atoms with E-state index in [9.17, 15) is 18.0 Å². The third-order valence-electron chi connectivity index (χ3n) is 3.69. The maximum absolute atomic E-state index is 12.8. The molecule has 0 aliphatic carbocycles. The van der Waals surface area contributed by atoms with E-state index in [0.29, 0.717) is 16.6 Å². The zero-order valence-electron chi connectivity index (χ0n) is 12.8. The molecule has 6 heteroatoms. The molecule has 0 aliphatic heterocycles. The van der Waals surface area contributed by atoms with Gasteiger partial charge in [-0.15, -0.1) is 0 Å². The standard InChI is InChI=1S/C18H13F3N2O/c1-11-3-2-4-15(23-11)17(24)9-12-7-8-22-16-10-13(18(19,20)21)5-6-14(12)16/h2-8,10H,9H2,1H3. The number of hydrogen-bond acceptors (Lipinski definition) is 3. The van der Waals surface area contributed by atoms with Crippen LogP contribution in [0.5, 0.6) is 0 Å². The topological polar surface area (TPSA) is 42.9 Å². The smallest absolute Gasteiger partial charge is 0.292 e. The number of carbonyl (C=O) groups excluding carboxylic acids is 1. The average molecular weight is 330 g/mol. The lowest BCUT2D eigenvalue weighted by Crippen LogP contribution is -2.08. The maximum Gasteiger partial charge on any atom is 0.416 e. The number of aromatic nitrogens is 2. The summed E-state index contributed by atoms with van der Waals surface area (Å²) in [6, 6.07) is 10.2. The van der Waals surface area contributed by atoms with Crippen molar-refractivity contribution in [2.45, 2.75) is 19.5 Å². The van der Waals surface area contributed by atoms with Gasteiger partial charge >= 0.3 is 6.18 Å². The van der Waals surface area contributed by atoms with Gasteiger partial charge in [0.15, 0.2) is 5.78 Å². The van der Waals surface area contributed by atoms with E-state index in [-0.39, 0.29) is 17.7 Å². The van der Waals surface area contributed by atoms with Crippen molar-refractivity contribution in [1.82, 2.24) is 9.97 Å². The molecule has 2 heterocycles. The number of benzene rings is 1. The van der Waals surface area contributed by atoms with Crippen molar-refractivity contribution < 1.29 is 18.0 Å². The van der Waals surface area contributed by atoms with Crippen molar-refractivity contribution in [1.29, 1.82) is 0 Å². The first-order chi connectivity index (χ1) is 11.3. The molecule has 0 bridgehead atoms. The van der Waals surface area contributed by atoms with Crippen LogP contribution in [0.3, 0.4) is 0 Å². The van der Waals surface area contributed by atoms with E-state index in [0.717, 1.165) is 17.8 Å². The minimum Gasteiger partial charge on any atom is -0.292 e. The molecular weight excluding hydrogens is 317 g/mol. The van der Waals surface area contributed by atoms with Gasteiger partial charge in [0.2, 0.25) is 0 Å². The fourth-order valence-corrected chi connectivity index (χ4v) is 2.50. The predicted molar refractivity (Wildman–Crippen MR) is 83.8 cm³/mol. The maximum atomic E-state index is 12.8. The summed E-state index contributed by atoms with van der Waals surface area (Å²) < 4.78 is 38.4. The molecule has 0 atom stereocenters. The summed E-state index contributed by atoms with van der Waals surface area (Å²) in [7, 11) is 0. The Bertz CT molecular complexity index is 920. The van der Waals surface area contributed by atoms with E-state index in [2.05, 4.69) is 9.97 Å². The molecule has 3 rings (SSSR count). The Morgan fingerprint density at radius 3 is 2.62 bits per heavy atom. The number of halogens is 3. The van der Waals surface area contributed by atoms with Crippen LogP contribution in [0.15, 0.2) is 48.7 Å². The summed E-state index contributed by atoms with van der Waals surface area (Å²) >= 11 is 0. The summed E-state index contributed by atoms with van der Waals surface area (Å²) in [6.07, 6.45) is -2.96. The predicted octanol–water partition coefficient (Wildman–Crippen LogP) is 4.38. The molecular formula is C18H13F3N2O. The second-order valence-electron chi connectivity index (χ2n) is 5.46. The zero-order chi connectivity index (χ0) is 17.3. The number of fused-ring (bicyclic) bond motifs is 1. The van der Waals surface area contributed by atoms with E-state index in [4.69, 9.17) is 0 Å². The highest BCUT2D eigenvalue weighted by atomic mass is 19.4. The summed E-state index contributed by atoms with van der Waals surface area (Å²) in [5, 5.41) is 0.534. The number of nitrogens with zero attached hydrogens (tertiary/aromatic N) is 2. The number of carbonyl (C=O) groups is 1. The number of ketones is 1. The number of aryl methyl sites for hydroxylation is 1. The van der Waals surface area contributed by atoms with Crippen molar-refractivity contribution in [3.05, 3.63) is 71.2 Å². The first-order valence-corrected chi connectivity index (χ1v) is 7.26. The molecule has 1 aromatic carbocycles. The Hall–Kier alpha value is -2.76. The number of pyridine rings is 2. The molecule has 0 spiro atoms. The van der Waals surface area contributed by atoms with Crippen LogP contribution in [-0.2, 0) is 12.6 Å². The molecule has 2 aromatic heterocycles. The van der Waals surface area contributed by atoms with Gasteiger partial charge in [-0.2, -0.15) is 13.2 Å². The fourth-order valence-electron chi connectivity index (χ4n) is 2.50. The van der Waals surface area contributed by atoms with E-state index < -0.39 is 11.7 Å². The van der Waals surface area contributed by atoms with Crippen molar-refractivity contribution in [3.8, 4) is 0 Å². The number of Topliss-reactive ketones (excluding diaryl/α,β-unsaturated/α-hetero) is 1. The van der Waals surface area contributed by atoms with E-state index in [1.165, 1.54) is 12.3 Å². The molecule has 0 saturated heterocycles. The van der Waals surface area contributed by atoms with Gasteiger partial charge in [-0.05, 0) is 42.8 Å². The van der Waals surface area contributed by atoms with Gasteiger partial charge in [0.25, 0.3) is 0 Å². The average Bonchev–Trinajstić information content (AvgIpc) is 2.54. The molecule has 3 nitrogen and oxygen atoms in total. The molecule has 0 saturated carbocycles. The molecule has 122 valence electrons. The Morgan fingerprint density at radius 1 is 1.12 bits per heavy atom. The Labute approximate surface area is 136 Å². The van der Waals surface area contributed by atoms with Gasteiger partial charge in [0, 0.05) is 23.7 Å². The second-order valence-corrected chi connectivity index (χ2v) is 5.46. The largest absolute Gasteiger partial charge is 0.416 e. The van der Waals surface area contributed by atoms with Crippen molar-refractivity contribution >= 4 is 16.7 Å². The summed E-state index contributed by atoms with van der Waals surface area (Å²) in [4.78, 5) is 20.5. The SMILES string of the molecule is Cc1cccc(C(=O)Cc2ccnc3cc(C(F)(F)F)ccc23)n1. The highest BCUT2D eigenvalue weighted by Crippen LogP contribution is 2.31. The Morgan fingerprint density at radius 2 is 1.92 bits per heavy atom. The third kappa shape index (κ3) is 3.27. The Kier molecular flexibility index (Phi) is 4.05. The van der Waals surface area contributed by atoms with Crippen LogP contribution in [0.2, 0.25) is 0 Å². The van der Waals surface area contributed by atoms with Crippen molar-refractivity contribution in [2.24, 2.45) is 0 Å². The van der Waals surface area contributed by atoms with Crippen LogP contribution < -0.4 is 0 Å². The van der Waals surface area contributed by atoms with Gasteiger partial charge in [-0.25, -0.2) is 0 Å². The normalized spacial score (nSPS) is 11.7. The number of alkyl halides is 3. The molecule has 24 heavy (non-hydrogen) atoms. The molecule has 0 aliphatic rings. The van der Waals surface area contributed by atoms with E-state index in [1.807, 2.05) is 0 Å². The van der Waals surface area contributed by atoms with Crippen molar-refractivity contribution in [3.63, 3.8) is 0 Å². The Balaban J connectivity index is 1.97.